The van der Waals surface area contributed by atoms with E-state index in [0.29, 0.717) is 12.2 Å². The summed E-state index contributed by atoms with van der Waals surface area (Å²) < 4.78 is 3.45. The fourth-order valence-corrected chi connectivity index (χ4v) is 1.34. The number of carbonyl (C=O) groups is 1. The summed E-state index contributed by atoms with van der Waals surface area (Å²) in [6, 6.07) is 0. The van der Waals surface area contributed by atoms with Crippen molar-refractivity contribution in [3.63, 3.8) is 0 Å². The van der Waals surface area contributed by atoms with Crippen LogP contribution in [0.5, 0.6) is 0 Å². The van der Waals surface area contributed by atoms with Crippen molar-refractivity contribution in [2.24, 2.45) is 7.05 Å². The number of ketones is 1. The normalized spacial score (nSPS) is 10.5. The van der Waals surface area contributed by atoms with Crippen molar-refractivity contribution in [2.75, 3.05) is 0 Å². The van der Waals surface area contributed by atoms with E-state index in [2.05, 4.69) is 15.3 Å². The Balaban J connectivity index is 2.28. The smallest absolute Gasteiger partial charge is 0.179 e. The van der Waals surface area contributed by atoms with E-state index in [0.717, 1.165) is 5.69 Å². The molecule has 78 valence electrons. The third kappa shape index (κ3) is 1.78. The molecule has 6 nitrogen and oxygen atoms in total. The van der Waals surface area contributed by atoms with Crippen LogP contribution in [0.3, 0.4) is 0 Å². The Morgan fingerprint density at radius 3 is 2.87 bits per heavy atom. The maximum atomic E-state index is 11.2. The van der Waals surface area contributed by atoms with Crippen LogP contribution < -0.4 is 0 Å². The molecule has 0 unspecified atom stereocenters. The average molecular weight is 205 g/mol. The average Bonchev–Trinajstić information content (AvgIpc) is 2.77. The molecule has 0 aliphatic carbocycles. The Kier molecular flexibility index (Phi) is 2.32. The lowest BCUT2D eigenvalue weighted by molar-refractivity contribution is 0.100. The number of aromatic nitrogens is 5. The van der Waals surface area contributed by atoms with Gasteiger partial charge in [-0.05, 0) is 0 Å². The van der Waals surface area contributed by atoms with Gasteiger partial charge in [0.2, 0.25) is 0 Å². The van der Waals surface area contributed by atoms with Crippen molar-refractivity contribution in [1.29, 1.82) is 0 Å². The Bertz CT molecular complexity index is 484. The first-order valence-electron chi connectivity index (χ1n) is 4.53. The molecule has 0 spiro atoms. The Hall–Kier alpha value is -1.98. The number of carbonyl (C=O) groups excluding carboxylic acids is 1. The number of rotatable bonds is 3. The lowest BCUT2D eigenvalue weighted by Crippen LogP contribution is -2.11. The van der Waals surface area contributed by atoms with Gasteiger partial charge in [-0.25, -0.2) is 9.67 Å². The van der Waals surface area contributed by atoms with Crippen LogP contribution in [0.2, 0.25) is 0 Å². The van der Waals surface area contributed by atoms with E-state index in [-0.39, 0.29) is 5.78 Å². The van der Waals surface area contributed by atoms with Crippen molar-refractivity contribution < 1.29 is 4.79 Å². The predicted molar refractivity (Wildman–Crippen MR) is 52.3 cm³/mol. The highest BCUT2D eigenvalue weighted by molar-refractivity contribution is 5.91. The summed E-state index contributed by atoms with van der Waals surface area (Å²) in [5.74, 6) is -0.0397. The zero-order valence-electron chi connectivity index (χ0n) is 8.58. The van der Waals surface area contributed by atoms with Gasteiger partial charge in [-0.1, -0.05) is 5.21 Å². The van der Waals surface area contributed by atoms with Crippen LogP contribution in [-0.4, -0.2) is 30.3 Å². The fourth-order valence-electron chi connectivity index (χ4n) is 1.34. The minimum Gasteiger partial charge on any atom is -0.336 e. The first kappa shape index (κ1) is 9.57. The SMILES string of the molecule is CC(=O)c1cnnn1Cc1cncn1C. The number of imidazole rings is 1. The highest BCUT2D eigenvalue weighted by Crippen LogP contribution is 2.03. The predicted octanol–water partition coefficient (Wildman–Crippen LogP) is 0.262. The molecule has 0 radical (unpaired) electrons. The first-order chi connectivity index (χ1) is 7.18. The molecule has 15 heavy (non-hydrogen) atoms. The largest absolute Gasteiger partial charge is 0.336 e. The summed E-state index contributed by atoms with van der Waals surface area (Å²) in [5, 5.41) is 7.57. The number of hydrogen-bond acceptors (Lipinski definition) is 4. The molecule has 0 N–H and O–H groups in total. The van der Waals surface area contributed by atoms with E-state index >= 15 is 0 Å². The molecule has 0 saturated carbocycles. The first-order valence-corrected chi connectivity index (χ1v) is 4.53. The van der Waals surface area contributed by atoms with Crippen LogP contribution in [0.1, 0.15) is 23.1 Å². The van der Waals surface area contributed by atoms with Crippen LogP contribution in [0.15, 0.2) is 18.7 Å². The lowest BCUT2D eigenvalue weighted by Gasteiger charge is -2.03. The molecule has 6 heteroatoms. The lowest BCUT2D eigenvalue weighted by atomic mass is 10.3. The van der Waals surface area contributed by atoms with Gasteiger partial charge in [0.15, 0.2) is 5.78 Å². The standard InChI is InChI=1S/C9H11N5O/c1-7(15)9-4-11-12-14(9)5-8-3-10-6-13(8)2/h3-4,6H,5H2,1-2H3. The molecule has 2 heterocycles. The molecule has 0 bridgehead atoms. The minimum atomic E-state index is -0.0397. The highest BCUT2D eigenvalue weighted by Gasteiger charge is 2.09. The van der Waals surface area contributed by atoms with Crippen LogP contribution in [-0.2, 0) is 13.6 Å². The van der Waals surface area contributed by atoms with Gasteiger partial charge < -0.3 is 4.57 Å². The van der Waals surface area contributed by atoms with E-state index in [1.165, 1.54) is 13.1 Å². The van der Waals surface area contributed by atoms with Crippen molar-refractivity contribution in [2.45, 2.75) is 13.5 Å². The number of nitrogens with zero attached hydrogens (tertiary/aromatic N) is 5. The van der Waals surface area contributed by atoms with E-state index in [4.69, 9.17) is 0 Å². The maximum Gasteiger partial charge on any atom is 0.179 e. The summed E-state index contributed by atoms with van der Waals surface area (Å²) in [7, 11) is 1.90. The van der Waals surface area contributed by atoms with Gasteiger partial charge in [0.05, 0.1) is 31.0 Å². The van der Waals surface area contributed by atoms with Crippen LogP contribution in [0.4, 0.5) is 0 Å². The third-order valence-electron chi connectivity index (χ3n) is 2.21. The second-order valence-corrected chi connectivity index (χ2v) is 3.33. The van der Waals surface area contributed by atoms with Crippen LogP contribution in [0.25, 0.3) is 0 Å². The van der Waals surface area contributed by atoms with E-state index < -0.39 is 0 Å². The summed E-state index contributed by atoms with van der Waals surface area (Å²) in [5.41, 5.74) is 1.49. The molecule has 2 rings (SSSR count). The van der Waals surface area contributed by atoms with E-state index in [1.807, 2.05) is 11.6 Å². The highest BCUT2D eigenvalue weighted by atomic mass is 16.1. The Morgan fingerprint density at radius 2 is 2.27 bits per heavy atom. The maximum absolute atomic E-state index is 11.2. The number of hydrogen-bond donors (Lipinski definition) is 0. The minimum absolute atomic E-state index is 0.0397. The monoisotopic (exact) mass is 205 g/mol. The summed E-state index contributed by atoms with van der Waals surface area (Å²) in [6.45, 7) is 2.00. The molecule has 0 fully saturated rings. The number of Topliss-reactive ketones (excluding diaryl/α,β-unsaturated/α-hetero) is 1. The Labute approximate surface area is 86.5 Å². The van der Waals surface area contributed by atoms with Gasteiger partial charge in [-0.2, -0.15) is 0 Å². The van der Waals surface area contributed by atoms with Gasteiger partial charge in [0.25, 0.3) is 0 Å². The topological polar surface area (TPSA) is 65.6 Å². The molecule has 2 aromatic heterocycles. The van der Waals surface area contributed by atoms with Gasteiger partial charge in [-0.3, -0.25) is 4.79 Å². The molecule has 0 aliphatic rings. The van der Waals surface area contributed by atoms with Gasteiger partial charge in [0, 0.05) is 14.0 Å². The molecular weight excluding hydrogens is 194 g/mol. The second kappa shape index (κ2) is 3.64. The van der Waals surface area contributed by atoms with Crippen LogP contribution >= 0.6 is 0 Å². The molecule has 0 aromatic carbocycles. The summed E-state index contributed by atoms with van der Waals surface area (Å²) in [6.07, 6.45) is 4.92. The van der Waals surface area contributed by atoms with Crippen molar-refractivity contribution in [3.8, 4) is 0 Å². The van der Waals surface area contributed by atoms with Gasteiger partial charge in [-0.15, -0.1) is 5.10 Å². The molecular formula is C9H11N5O. The van der Waals surface area contributed by atoms with Crippen molar-refractivity contribution in [1.82, 2.24) is 24.5 Å². The fraction of sp³-hybridized carbons (Fsp3) is 0.333. The quantitative estimate of drug-likeness (QED) is 0.674. The second-order valence-electron chi connectivity index (χ2n) is 3.33. The van der Waals surface area contributed by atoms with E-state index in [9.17, 15) is 4.79 Å². The number of aryl methyl sites for hydroxylation is 1. The molecule has 0 amide bonds. The molecule has 0 atom stereocenters. The van der Waals surface area contributed by atoms with Crippen molar-refractivity contribution in [3.05, 3.63) is 30.1 Å². The summed E-state index contributed by atoms with van der Waals surface area (Å²) in [4.78, 5) is 15.2. The third-order valence-corrected chi connectivity index (χ3v) is 2.21. The van der Waals surface area contributed by atoms with Gasteiger partial charge >= 0.3 is 0 Å². The van der Waals surface area contributed by atoms with Gasteiger partial charge in [0.1, 0.15) is 5.69 Å². The molecule has 0 saturated heterocycles. The zero-order valence-corrected chi connectivity index (χ0v) is 8.58. The molecule has 0 aliphatic heterocycles. The summed E-state index contributed by atoms with van der Waals surface area (Å²) >= 11 is 0. The van der Waals surface area contributed by atoms with E-state index in [1.54, 1.807) is 17.2 Å². The van der Waals surface area contributed by atoms with Crippen LogP contribution in [0, 0.1) is 0 Å². The van der Waals surface area contributed by atoms with Crippen molar-refractivity contribution >= 4 is 5.78 Å². The molecule has 2 aromatic rings. The Morgan fingerprint density at radius 1 is 1.47 bits per heavy atom. The zero-order chi connectivity index (χ0) is 10.8.